The van der Waals surface area contributed by atoms with E-state index in [0.717, 1.165) is 45.5 Å². The number of fused-ring (bicyclic) bond motifs is 1. The van der Waals surface area contributed by atoms with E-state index >= 15 is 0 Å². The van der Waals surface area contributed by atoms with E-state index in [1.165, 1.54) is 4.68 Å². The van der Waals surface area contributed by atoms with Crippen molar-refractivity contribution < 1.29 is 14.6 Å². The number of hydrogen-bond donors (Lipinski definition) is 1. The molecule has 5 rings (SSSR count). The van der Waals surface area contributed by atoms with Gasteiger partial charge in [-0.05, 0) is 86.5 Å². The monoisotopic (exact) mass is 626 g/mol. The van der Waals surface area contributed by atoms with Crippen molar-refractivity contribution >= 4 is 39.0 Å². The molecule has 5 aromatic rings. The highest BCUT2D eigenvalue weighted by molar-refractivity contribution is 9.10. The maximum absolute atomic E-state index is 13.4. The highest BCUT2D eigenvalue weighted by Gasteiger charge is 2.13. The molecule has 214 valence electrons. The molecular formula is C33H31BrN4O4. The summed E-state index contributed by atoms with van der Waals surface area (Å²) in [5.41, 5.74) is 5.50. The van der Waals surface area contributed by atoms with Crippen molar-refractivity contribution in [2.45, 2.75) is 46.6 Å². The number of benzene rings is 3. The topological polar surface area (TPSA) is 98.7 Å². The molecule has 1 N–H and O–H groups in total. The van der Waals surface area contributed by atoms with Crippen LogP contribution in [0.4, 0.5) is 0 Å². The highest BCUT2D eigenvalue weighted by Crippen LogP contribution is 2.23. The Balaban J connectivity index is 1.38. The number of unbranched alkanes of at least 4 members (excludes halogenated alkanes) is 1. The van der Waals surface area contributed by atoms with Gasteiger partial charge in [-0.25, -0.2) is 9.78 Å². The number of hydrogen-bond acceptors (Lipinski definition) is 5. The Morgan fingerprint density at radius 2 is 1.79 bits per heavy atom. The van der Waals surface area contributed by atoms with Gasteiger partial charge in [-0.1, -0.05) is 41.4 Å². The Morgan fingerprint density at radius 3 is 2.48 bits per heavy atom. The predicted molar refractivity (Wildman–Crippen MR) is 168 cm³/mol. The highest BCUT2D eigenvalue weighted by atomic mass is 79.9. The van der Waals surface area contributed by atoms with E-state index in [-0.39, 0.29) is 11.1 Å². The second-order valence-electron chi connectivity index (χ2n) is 10.1. The van der Waals surface area contributed by atoms with E-state index in [4.69, 9.17) is 14.8 Å². The number of halogens is 1. The van der Waals surface area contributed by atoms with Crippen molar-refractivity contribution in [3.8, 4) is 11.4 Å². The molecule has 0 bridgehead atoms. The molecule has 9 heteroatoms. The van der Waals surface area contributed by atoms with E-state index in [0.29, 0.717) is 35.5 Å². The second kappa shape index (κ2) is 12.6. The molecule has 0 aliphatic rings. The lowest BCUT2D eigenvalue weighted by molar-refractivity contribution is 0.0697. The summed E-state index contributed by atoms with van der Waals surface area (Å²) in [6.07, 6.45) is 4.29. The van der Waals surface area contributed by atoms with Gasteiger partial charge in [0, 0.05) is 33.5 Å². The summed E-state index contributed by atoms with van der Waals surface area (Å²) >= 11 is 3.46. The number of nitrogens with zero attached hydrogens (tertiary/aromatic N) is 4. The van der Waals surface area contributed by atoms with Crippen LogP contribution in [0.1, 0.15) is 58.5 Å². The number of rotatable bonds is 10. The van der Waals surface area contributed by atoms with Crippen LogP contribution in [0.3, 0.4) is 0 Å². The maximum atomic E-state index is 13.4. The molecule has 0 unspecified atom stereocenters. The Morgan fingerprint density at radius 1 is 1.05 bits per heavy atom. The normalized spacial score (nSPS) is 11.4. The lowest BCUT2D eigenvalue weighted by atomic mass is 10.1. The van der Waals surface area contributed by atoms with Gasteiger partial charge in [-0.3, -0.25) is 4.79 Å². The Labute approximate surface area is 252 Å². The predicted octanol–water partition coefficient (Wildman–Crippen LogP) is 7.07. The molecule has 3 aromatic carbocycles. The lowest BCUT2D eigenvalue weighted by Gasteiger charge is -2.12. The third-order valence-corrected chi connectivity index (χ3v) is 7.61. The molecule has 2 heterocycles. The molecule has 0 saturated carbocycles. The van der Waals surface area contributed by atoms with Gasteiger partial charge >= 0.3 is 5.97 Å². The molecule has 8 nitrogen and oxygen atoms in total. The minimum atomic E-state index is -0.951. The number of aromatic nitrogens is 3. The summed E-state index contributed by atoms with van der Waals surface area (Å²) in [5.74, 6) is 0.405. The number of aromatic carboxylic acids is 1. The van der Waals surface area contributed by atoms with Crippen LogP contribution in [0.15, 0.2) is 87.2 Å². The maximum Gasteiger partial charge on any atom is 0.335 e. The lowest BCUT2D eigenvalue weighted by Crippen LogP contribution is -2.22. The molecular weight excluding hydrogens is 596 g/mol. The zero-order chi connectivity index (χ0) is 29.8. The Hall–Kier alpha value is -4.50. The van der Waals surface area contributed by atoms with Gasteiger partial charge < -0.3 is 14.4 Å². The van der Waals surface area contributed by atoms with Gasteiger partial charge in [0.2, 0.25) is 0 Å². The molecule has 42 heavy (non-hydrogen) atoms. The molecule has 0 fully saturated rings. The Bertz CT molecular complexity index is 1840. The van der Waals surface area contributed by atoms with E-state index in [2.05, 4.69) is 32.5 Å². The van der Waals surface area contributed by atoms with Crippen molar-refractivity contribution in [1.29, 1.82) is 0 Å². The zero-order valence-electron chi connectivity index (χ0n) is 23.7. The summed E-state index contributed by atoms with van der Waals surface area (Å²) in [4.78, 5) is 29.2. The number of carbonyl (C=O) groups is 1. The van der Waals surface area contributed by atoms with Crippen LogP contribution in [0, 0.1) is 13.8 Å². The van der Waals surface area contributed by atoms with Gasteiger partial charge in [-0.15, -0.1) is 0 Å². The SMILES string of the molecule is CCCCc1nc2ccc(Br)cc2c(=O)n1N=Cc1cc(C)n(-c2ccc(OCc3ccc(C(=O)O)cc3)cc2)c1C. The molecule has 0 amide bonds. The van der Waals surface area contributed by atoms with Crippen molar-refractivity contribution in [1.82, 2.24) is 14.2 Å². The van der Waals surface area contributed by atoms with Gasteiger partial charge in [0.15, 0.2) is 0 Å². The summed E-state index contributed by atoms with van der Waals surface area (Å²) in [6.45, 7) is 6.50. The average Bonchev–Trinajstić information content (AvgIpc) is 3.27. The number of ether oxygens (including phenoxy) is 1. The first-order valence-corrected chi connectivity index (χ1v) is 14.5. The van der Waals surface area contributed by atoms with Gasteiger partial charge in [0.1, 0.15) is 18.2 Å². The standard InChI is InChI=1S/C33H31BrN4O4/c1-4-5-6-31-36-30-16-11-26(34)18-29(30)32(39)38(31)35-19-25-17-21(2)37(22(25)3)27-12-14-28(15-13-27)42-20-23-7-9-24(10-8-23)33(40)41/h7-19H,4-6,20H2,1-3H3,(H,40,41). The van der Waals surface area contributed by atoms with Gasteiger partial charge in [0.25, 0.3) is 5.56 Å². The molecule has 0 aliphatic carbocycles. The minimum absolute atomic E-state index is 0.189. The fourth-order valence-electron chi connectivity index (χ4n) is 4.85. The number of aryl methyl sites for hydroxylation is 2. The van der Waals surface area contributed by atoms with Gasteiger partial charge in [-0.2, -0.15) is 9.78 Å². The Kier molecular flexibility index (Phi) is 8.68. The summed E-state index contributed by atoms with van der Waals surface area (Å²) < 4.78 is 10.3. The second-order valence-corrected chi connectivity index (χ2v) is 11.0. The van der Waals surface area contributed by atoms with Crippen LogP contribution in [-0.4, -0.2) is 31.5 Å². The van der Waals surface area contributed by atoms with E-state index < -0.39 is 5.97 Å². The fourth-order valence-corrected chi connectivity index (χ4v) is 5.21. The third kappa shape index (κ3) is 6.21. The first-order chi connectivity index (χ1) is 20.2. The average molecular weight is 628 g/mol. The van der Waals surface area contributed by atoms with Crippen molar-refractivity contribution in [3.63, 3.8) is 0 Å². The van der Waals surface area contributed by atoms with Crippen molar-refractivity contribution in [3.05, 3.63) is 122 Å². The summed E-state index contributed by atoms with van der Waals surface area (Å²) in [6, 6.07) is 22.0. The van der Waals surface area contributed by atoms with Crippen LogP contribution in [0.25, 0.3) is 16.6 Å². The third-order valence-electron chi connectivity index (χ3n) is 7.11. The van der Waals surface area contributed by atoms with Gasteiger partial charge in [0.05, 0.1) is 22.7 Å². The van der Waals surface area contributed by atoms with E-state index in [9.17, 15) is 9.59 Å². The number of carboxylic acid groups (broad SMARTS) is 1. The first-order valence-electron chi connectivity index (χ1n) is 13.7. The van der Waals surface area contributed by atoms with E-state index in [1.54, 1.807) is 36.5 Å². The quantitative estimate of drug-likeness (QED) is 0.167. The molecule has 0 atom stereocenters. The van der Waals surface area contributed by atoms with Crippen molar-refractivity contribution in [2.24, 2.45) is 5.10 Å². The van der Waals surface area contributed by atoms with E-state index in [1.807, 2.05) is 56.3 Å². The van der Waals surface area contributed by atoms with Crippen LogP contribution in [0.5, 0.6) is 5.75 Å². The molecule has 2 aromatic heterocycles. The summed E-state index contributed by atoms with van der Waals surface area (Å²) in [5, 5.41) is 14.2. The zero-order valence-corrected chi connectivity index (χ0v) is 25.3. The number of carboxylic acids is 1. The first kappa shape index (κ1) is 29.0. The largest absolute Gasteiger partial charge is 0.489 e. The van der Waals surface area contributed by atoms with Crippen molar-refractivity contribution in [2.75, 3.05) is 0 Å². The molecule has 0 spiro atoms. The smallest absolute Gasteiger partial charge is 0.335 e. The van der Waals surface area contributed by atoms with Crippen LogP contribution >= 0.6 is 15.9 Å². The fraction of sp³-hybridized carbons (Fsp3) is 0.212. The molecule has 0 aliphatic heterocycles. The van der Waals surface area contributed by atoms with Crippen LogP contribution in [-0.2, 0) is 13.0 Å². The molecule has 0 radical (unpaired) electrons. The van der Waals surface area contributed by atoms with Crippen LogP contribution in [0.2, 0.25) is 0 Å². The molecule has 0 saturated heterocycles. The summed E-state index contributed by atoms with van der Waals surface area (Å²) in [7, 11) is 0. The minimum Gasteiger partial charge on any atom is -0.489 e. The van der Waals surface area contributed by atoms with Crippen LogP contribution < -0.4 is 10.3 Å².